The topological polar surface area (TPSA) is 6.48 Å². The third-order valence-electron chi connectivity index (χ3n) is 15.8. The second-order valence-corrected chi connectivity index (χ2v) is 23.3. The quantitative estimate of drug-likeness (QED) is 0.159. The molecule has 0 saturated carbocycles. The molecule has 11 aromatic rings. The highest BCUT2D eigenvalue weighted by Crippen LogP contribution is 2.57. The fourth-order valence-electron chi connectivity index (χ4n) is 12.3. The predicted molar refractivity (Wildman–Crippen MR) is 320 cm³/mol. The van der Waals surface area contributed by atoms with E-state index in [4.69, 9.17) is 0 Å². The van der Waals surface area contributed by atoms with Gasteiger partial charge in [-0.05, 0) is 133 Å². The van der Waals surface area contributed by atoms with Gasteiger partial charge in [0.05, 0.1) is 11.4 Å². The van der Waals surface area contributed by atoms with Gasteiger partial charge >= 0.3 is 0 Å². The molecule has 15 rings (SSSR count). The second kappa shape index (κ2) is 17.2. The average Bonchev–Trinajstić information content (AvgIpc) is 3.58. The lowest BCUT2D eigenvalue weighted by Gasteiger charge is -2.47. The lowest BCUT2D eigenvalue weighted by molar-refractivity contribution is 0.590. The zero-order chi connectivity index (χ0) is 49.9. The van der Waals surface area contributed by atoms with Crippen LogP contribution in [0.3, 0.4) is 0 Å². The third-order valence-corrected chi connectivity index (χ3v) is 18.1. The zero-order valence-electron chi connectivity index (χ0n) is 41.9. The molecule has 11 aromatic carbocycles. The fraction of sp³-hybridized carbons (Fsp3) is 0.0571. The highest BCUT2D eigenvalue weighted by Gasteiger charge is 2.47. The Labute approximate surface area is 448 Å². The van der Waals surface area contributed by atoms with Crippen LogP contribution in [0.4, 0.5) is 34.1 Å². The summed E-state index contributed by atoms with van der Waals surface area (Å²) in [6.45, 7) is 6.96. The molecule has 0 bridgehead atoms. The molecule has 0 spiro atoms. The van der Waals surface area contributed by atoms with E-state index in [2.05, 4.69) is 273 Å². The Bertz CT molecular complexity index is 3880. The summed E-state index contributed by atoms with van der Waals surface area (Å²) in [6, 6.07) is 91.9. The normalized spacial score (nSPS) is 13.3. The maximum atomic E-state index is 2.68. The van der Waals surface area contributed by atoms with Gasteiger partial charge in [0.2, 0.25) is 0 Å². The maximum Gasteiger partial charge on any atom is 0.252 e. The zero-order valence-corrected chi connectivity index (χ0v) is 43.5. The van der Waals surface area contributed by atoms with Crippen LogP contribution in [0.5, 0.6) is 0 Å². The molecule has 5 heteroatoms. The summed E-state index contributed by atoms with van der Waals surface area (Å²) < 4.78 is 0. The van der Waals surface area contributed by atoms with Crippen molar-refractivity contribution in [3.63, 3.8) is 0 Å². The highest BCUT2D eigenvalue weighted by atomic mass is 32.2. The van der Waals surface area contributed by atoms with Crippen molar-refractivity contribution in [3.8, 4) is 66.8 Å². The lowest BCUT2D eigenvalue weighted by atomic mass is 9.32. The van der Waals surface area contributed by atoms with Gasteiger partial charge in [-0.1, -0.05) is 226 Å². The molecule has 4 heterocycles. The number of benzene rings is 11. The van der Waals surface area contributed by atoms with Gasteiger partial charge in [0, 0.05) is 64.6 Å². The van der Waals surface area contributed by atoms with Crippen LogP contribution in [0, 0.1) is 0 Å². The standard InChI is InChI=1S/C70H49BN2S2/c1-70(2,3)48-42-61-67-62(43-48)73-60-33-17-11-27-50(60)52-29-13-19-35-64(52)75-66-37-21-15-31-54(66)56-39-47(45-24-8-5-9-25-45)41-58(69(56)73)71(67)57-40-46(44-22-6-4-7-23-44)38-55-53-30-14-20-36-65(53)74-63-34-18-12-28-51(63)49-26-10-16-32-59(49)72(61)68(55)57/h4-43H,1-3H3. The van der Waals surface area contributed by atoms with Crippen molar-refractivity contribution in [1.29, 1.82) is 0 Å². The van der Waals surface area contributed by atoms with E-state index in [-0.39, 0.29) is 12.1 Å². The Morgan fingerprint density at radius 2 is 0.640 bits per heavy atom. The van der Waals surface area contributed by atoms with Crippen molar-refractivity contribution in [2.75, 3.05) is 9.80 Å². The van der Waals surface area contributed by atoms with Crippen molar-refractivity contribution in [1.82, 2.24) is 0 Å². The molecule has 4 aliphatic heterocycles. The summed E-state index contributed by atoms with van der Waals surface area (Å²) in [5.41, 5.74) is 26.7. The Balaban J connectivity index is 1.18. The molecule has 0 radical (unpaired) electrons. The molecule has 75 heavy (non-hydrogen) atoms. The average molecular weight is 993 g/mol. The molecule has 0 amide bonds. The minimum absolute atomic E-state index is 0.171. The van der Waals surface area contributed by atoms with Crippen molar-refractivity contribution in [2.24, 2.45) is 0 Å². The van der Waals surface area contributed by atoms with Gasteiger partial charge in [0.25, 0.3) is 6.71 Å². The van der Waals surface area contributed by atoms with Gasteiger partial charge in [-0.25, -0.2) is 0 Å². The minimum atomic E-state index is -0.208. The van der Waals surface area contributed by atoms with Gasteiger partial charge in [-0.15, -0.1) is 0 Å². The summed E-state index contributed by atoms with van der Waals surface area (Å²) >= 11 is 3.75. The number of hydrogen-bond acceptors (Lipinski definition) is 4. The Morgan fingerprint density at radius 1 is 0.307 bits per heavy atom. The molecule has 0 fully saturated rings. The van der Waals surface area contributed by atoms with E-state index in [0.717, 1.165) is 11.4 Å². The van der Waals surface area contributed by atoms with Crippen LogP contribution in [0.1, 0.15) is 26.3 Å². The summed E-state index contributed by atoms with van der Waals surface area (Å²) in [5, 5.41) is 0. The van der Waals surface area contributed by atoms with Crippen LogP contribution in [-0.4, -0.2) is 6.71 Å². The molecule has 0 aromatic heterocycles. The van der Waals surface area contributed by atoms with Gasteiger partial charge in [0.15, 0.2) is 0 Å². The first-order chi connectivity index (χ1) is 36.9. The summed E-state index contributed by atoms with van der Waals surface area (Å²) in [6.07, 6.45) is 0. The maximum absolute atomic E-state index is 2.68. The van der Waals surface area contributed by atoms with E-state index in [0.29, 0.717) is 0 Å². The van der Waals surface area contributed by atoms with Crippen LogP contribution >= 0.6 is 23.5 Å². The molecule has 0 aliphatic carbocycles. The molecule has 4 aliphatic rings. The number of anilines is 6. The molecule has 0 saturated heterocycles. The molecular weight excluding hydrogens is 944 g/mol. The van der Waals surface area contributed by atoms with Crippen molar-refractivity contribution in [2.45, 2.75) is 45.8 Å². The van der Waals surface area contributed by atoms with E-state index < -0.39 is 0 Å². The number of nitrogens with zero attached hydrogens (tertiary/aromatic N) is 2. The van der Waals surface area contributed by atoms with E-state index >= 15 is 0 Å². The number of para-hydroxylation sites is 2. The lowest BCUT2D eigenvalue weighted by Crippen LogP contribution is -2.62. The van der Waals surface area contributed by atoms with Crippen LogP contribution in [0.15, 0.2) is 262 Å². The predicted octanol–water partition coefficient (Wildman–Crippen LogP) is 18.0. The van der Waals surface area contributed by atoms with E-state index in [9.17, 15) is 0 Å². The van der Waals surface area contributed by atoms with Crippen molar-refractivity contribution >= 4 is 80.7 Å². The van der Waals surface area contributed by atoms with Crippen molar-refractivity contribution < 1.29 is 0 Å². The number of hydrogen-bond donors (Lipinski definition) is 0. The van der Waals surface area contributed by atoms with E-state index in [1.807, 2.05) is 23.5 Å². The van der Waals surface area contributed by atoms with Crippen LogP contribution in [0.2, 0.25) is 0 Å². The van der Waals surface area contributed by atoms with Crippen LogP contribution < -0.4 is 26.2 Å². The van der Waals surface area contributed by atoms with Gasteiger partial charge in [-0.3, -0.25) is 0 Å². The Hall–Kier alpha value is -8.22. The largest absolute Gasteiger partial charge is 0.310 e. The van der Waals surface area contributed by atoms with E-state index in [1.54, 1.807) is 0 Å². The summed E-state index contributed by atoms with van der Waals surface area (Å²) in [7, 11) is 0. The number of fused-ring (bicyclic) bond motifs is 16. The van der Waals surface area contributed by atoms with Gasteiger partial charge in [0.1, 0.15) is 0 Å². The van der Waals surface area contributed by atoms with Crippen LogP contribution in [0.25, 0.3) is 66.8 Å². The number of rotatable bonds is 2. The first-order valence-corrected chi connectivity index (χ1v) is 27.7. The Kier molecular flexibility index (Phi) is 10.1. The SMILES string of the molecule is CC(C)(C)c1cc2c3c(c1)N1c4ccccc4-c4ccccc4Sc4ccccc4-c4cc(-c5ccccc5)cc(c41)B3c1cc(-c3ccccc3)cc3c1N2c1ccccc1-c1ccccc1Sc1ccccc1-3. The van der Waals surface area contributed by atoms with Gasteiger partial charge < -0.3 is 9.80 Å². The highest BCUT2D eigenvalue weighted by molar-refractivity contribution is 8.00. The van der Waals surface area contributed by atoms with Gasteiger partial charge in [-0.2, -0.15) is 0 Å². The second-order valence-electron chi connectivity index (χ2n) is 21.2. The van der Waals surface area contributed by atoms with E-state index in [1.165, 1.54) is 131 Å². The van der Waals surface area contributed by atoms with Crippen LogP contribution in [-0.2, 0) is 5.41 Å². The molecule has 0 N–H and O–H groups in total. The molecule has 0 atom stereocenters. The fourth-order valence-corrected chi connectivity index (χ4v) is 14.6. The Morgan fingerprint density at radius 3 is 1.03 bits per heavy atom. The third kappa shape index (κ3) is 6.98. The smallest absolute Gasteiger partial charge is 0.252 e. The molecule has 0 unspecified atom stereocenters. The first kappa shape index (κ1) is 44.3. The summed E-state index contributed by atoms with van der Waals surface area (Å²) in [4.78, 5) is 10.3. The summed E-state index contributed by atoms with van der Waals surface area (Å²) in [5.74, 6) is 0. The molecule has 354 valence electrons. The molecular formula is C70H49BN2S2. The monoisotopic (exact) mass is 992 g/mol. The first-order valence-electron chi connectivity index (χ1n) is 26.0. The van der Waals surface area contributed by atoms with Crippen molar-refractivity contribution in [3.05, 3.63) is 248 Å². The minimum Gasteiger partial charge on any atom is -0.310 e. The molecule has 2 nitrogen and oxygen atoms in total.